The fourth-order valence-electron chi connectivity index (χ4n) is 3.84. The molecule has 3 heteroatoms. The SMILES string of the molecule is CC1(C)CCC(C)(C)c2c1ccc(Cc1ccc(C(=O)Cl)cc1)c2Cl. The van der Waals surface area contributed by atoms with Gasteiger partial charge in [-0.1, -0.05) is 63.6 Å². The second-order valence-corrected chi connectivity index (χ2v) is 9.10. The monoisotopic (exact) mass is 374 g/mol. The Balaban J connectivity index is 2.00. The fraction of sp³-hybridized carbons (Fsp3) is 0.409. The Labute approximate surface area is 160 Å². The Morgan fingerprint density at radius 3 is 2.16 bits per heavy atom. The number of carbonyl (C=O) groups is 1. The predicted octanol–water partition coefficient (Wildman–Crippen LogP) is 6.66. The van der Waals surface area contributed by atoms with Gasteiger partial charge >= 0.3 is 0 Å². The van der Waals surface area contributed by atoms with Gasteiger partial charge in [0.15, 0.2) is 0 Å². The van der Waals surface area contributed by atoms with Crippen molar-refractivity contribution in [1.82, 2.24) is 0 Å². The number of carbonyl (C=O) groups excluding carboxylic acids is 1. The van der Waals surface area contributed by atoms with Crippen LogP contribution < -0.4 is 0 Å². The second-order valence-electron chi connectivity index (χ2n) is 8.38. The molecule has 0 atom stereocenters. The van der Waals surface area contributed by atoms with E-state index < -0.39 is 5.24 Å². The van der Waals surface area contributed by atoms with Crippen molar-refractivity contribution in [3.8, 4) is 0 Å². The molecule has 0 unspecified atom stereocenters. The lowest BCUT2D eigenvalue weighted by atomic mass is 9.63. The van der Waals surface area contributed by atoms with E-state index in [2.05, 4.69) is 39.8 Å². The Morgan fingerprint density at radius 2 is 1.56 bits per heavy atom. The smallest absolute Gasteiger partial charge is 0.252 e. The Hall–Kier alpha value is -1.31. The first-order chi connectivity index (χ1) is 11.6. The van der Waals surface area contributed by atoms with Crippen LogP contribution in [0, 0.1) is 0 Å². The summed E-state index contributed by atoms with van der Waals surface area (Å²) in [5.74, 6) is 0. The molecule has 0 spiro atoms. The normalized spacial score (nSPS) is 17.8. The van der Waals surface area contributed by atoms with E-state index in [0.29, 0.717) is 5.56 Å². The summed E-state index contributed by atoms with van der Waals surface area (Å²) in [4.78, 5) is 11.2. The number of fused-ring (bicyclic) bond motifs is 1. The van der Waals surface area contributed by atoms with Crippen LogP contribution in [0.25, 0.3) is 0 Å². The van der Waals surface area contributed by atoms with Gasteiger partial charge in [0.25, 0.3) is 5.24 Å². The first-order valence-electron chi connectivity index (χ1n) is 8.73. The maximum atomic E-state index is 11.2. The summed E-state index contributed by atoms with van der Waals surface area (Å²) in [6.07, 6.45) is 3.07. The van der Waals surface area contributed by atoms with Gasteiger partial charge in [-0.15, -0.1) is 0 Å². The van der Waals surface area contributed by atoms with Gasteiger partial charge in [-0.3, -0.25) is 4.79 Å². The molecule has 0 amide bonds. The van der Waals surface area contributed by atoms with Crippen LogP contribution >= 0.6 is 23.2 Å². The summed E-state index contributed by atoms with van der Waals surface area (Å²) in [6.45, 7) is 9.19. The van der Waals surface area contributed by atoms with Crippen molar-refractivity contribution in [3.05, 3.63) is 69.2 Å². The van der Waals surface area contributed by atoms with Crippen LogP contribution in [0.4, 0.5) is 0 Å². The summed E-state index contributed by atoms with van der Waals surface area (Å²) in [7, 11) is 0. The van der Waals surface area contributed by atoms with Crippen LogP contribution in [0.3, 0.4) is 0 Å². The molecule has 25 heavy (non-hydrogen) atoms. The third-order valence-corrected chi connectivity index (χ3v) is 6.23. The van der Waals surface area contributed by atoms with Crippen LogP contribution in [-0.2, 0) is 17.3 Å². The van der Waals surface area contributed by atoms with Crippen LogP contribution in [-0.4, -0.2) is 5.24 Å². The van der Waals surface area contributed by atoms with Crippen molar-refractivity contribution in [3.63, 3.8) is 0 Å². The van der Waals surface area contributed by atoms with E-state index in [4.69, 9.17) is 23.2 Å². The van der Waals surface area contributed by atoms with Gasteiger partial charge in [0.2, 0.25) is 0 Å². The quantitative estimate of drug-likeness (QED) is 0.548. The summed E-state index contributed by atoms with van der Waals surface area (Å²) >= 11 is 12.4. The van der Waals surface area contributed by atoms with Crippen molar-refractivity contribution in [1.29, 1.82) is 0 Å². The molecule has 0 fully saturated rings. The maximum absolute atomic E-state index is 11.2. The molecule has 0 N–H and O–H groups in total. The van der Waals surface area contributed by atoms with Crippen molar-refractivity contribution in [2.75, 3.05) is 0 Å². The topological polar surface area (TPSA) is 17.1 Å². The maximum Gasteiger partial charge on any atom is 0.252 e. The lowest BCUT2D eigenvalue weighted by molar-refractivity contribution is 0.108. The Kier molecular flexibility index (Phi) is 4.77. The summed E-state index contributed by atoms with van der Waals surface area (Å²) < 4.78 is 0. The Bertz CT molecular complexity index is 817. The highest BCUT2D eigenvalue weighted by molar-refractivity contribution is 6.67. The average Bonchev–Trinajstić information content (AvgIpc) is 2.54. The second kappa shape index (κ2) is 6.45. The fourth-order valence-corrected chi connectivity index (χ4v) is 4.45. The summed E-state index contributed by atoms with van der Waals surface area (Å²) in [5, 5.41) is 0.468. The third kappa shape index (κ3) is 3.50. The van der Waals surface area contributed by atoms with Crippen LogP contribution in [0.15, 0.2) is 36.4 Å². The molecule has 132 valence electrons. The first-order valence-corrected chi connectivity index (χ1v) is 9.48. The molecule has 2 aromatic carbocycles. The molecule has 0 aromatic heterocycles. The van der Waals surface area contributed by atoms with Crippen LogP contribution in [0.2, 0.25) is 5.02 Å². The average molecular weight is 375 g/mol. The van der Waals surface area contributed by atoms with Gasteiger partial charge < -0.3 is 0 Å². The standard InChI is InChI=1S/C22H24Cl2O/c1-21(2)11-12-22(3,4)18-17(21)10-9-16(19(18)23)13-14-5-7-15(8-6-14)20(24)25/h5-10H,11-13H2,1-4H3. The Morgan fingerprint density at radius 1 is 0.960 bits per heavy atom. The van der Waals surface area contributed by atoms with E-state index in [1.165, 1.54) is 17.5 Å². The molecule has 0 saturated carbocycles. The molecule has 0 radical (unpaired) electrons. The molecule has 1 aliphatic carbocycles. The van der Waals surface area contributed by atoms with E-state index in [1.54, 1.807) is 12.1 Å². The van der Waals surface area contributed by atoms with E-state index in [9.17, 15) is 4.79 Å². The number of hydrogen-bond acceptors (Lipinski definition) is 1. The molecule has 1 nitrogen and oxygen atoms in total. The van der Waals surface area contributed by atoms with E-state index >= 15 is 0 Å². The number of benzene rings is 2. The molecule has 1 aliphatic rings. The number of rotatable bonds is 3. The van der Waals surface area contributed by atoms with Crippen LogP contribution in [0.1, 0.15) is 73.1 Å². The minimum absolute atomic E-state index is 0.0901. The zero-order chi connectivity index (χ0) is 18.4. The van der Waals surface area contributed by atoms with Gasteiger partial charge in [-0.25, -0.2) is 0 Å². The zero-order valence-electron chi connectivity index (χ0n) is 15.2. The molecule has 0 heterocycles. The number of hydrogen-bond donors (Lipinski definition) is 0. The summed E-state index contributed by atoms with van der Waals surface area (Å²) in [5.41, 5.74) is 5.70. The van der Waals surface area contributed by atoms with Crippen molar-refractivity contribution in [2.45, 2.75) is 57.8 Å². The molecule has 0 bridgehead atoms. The molecule has 3 rings (SSSR count). The largest absolute Gasteiger partial charge is 0.276 e. The molecule has 0 saturated heterocycles. The van der Waals surface area contributed by atoms with E-state index in [1.807, 2.05) is 12.1 Å². The molecular weight excluding hydrogens is 351 g/mol. The molecular formula is C22H24Cl2O. The van der Waals surface area contributed by atoms with E-state index in [-0.39, 0.29) is 10.8 Å². The highest BCUT2D eigenvalue weighted by Crippen LogP contribution is 2.49. The van der Waals surface area contributed by atoms with Crippen molar-refractivity contribution < 1.29 is 4.79 Å². The summed E-state index contributed by atoms with van der Waals surface area (Å²) in [6, 6.07) is 11.8. The minimum atomic E-state index is -0.428. The highest BCUT2D eigenvalue weighted by atomic mass is 35.5. The molecule has 2 aromatic rings. The van der Waals surface area contributed by atoms with Crippen molar-refractivity contribution in [2.24, 2.45) is 0 Å². The van der Waals surface area contributed by atoms with Gasteiger partial charge in [-0.05, 0) is 76.1 Å². The van der Waals surface area contributed by atoms with Gasteiger partial charge in [0.1, 0.15) is 0 Å². The third-order valence-electron chi connectivity index (χ3n) is 5.58. The van der Waals surface area contributed by atoms with Crippen molar-refractivity contribution >= 4 is 28.4 Å². The number of halogens is 2. The predicted molar refractivity (Wildman–Crippen MR) is 106 cm³/mol. The lowest BCUT2D eigenvalue weighted by Crippen LogP contribution is -2.34. The van der Waals surface area contributed by atoms with Gasteiger partial charge in [-0.2, -0.15) is 0 Å². The zero-order valence-corrected chi connectivity index (χ0v) is 16.8. The lowest BCUT2D eigenvalue weighted by Gasteiger charge is -2.42. The van der Waals surface area contributed by atoms with Gasteiger partial charge in [0, 0.05) is 10.6 Å². The van der Waals surface area contributed by atoms with Crippen LogP contribution in [0.5, 0.6) is 0 Å². The minimum Gasteiger partial charge on any atom is -0.276 e. The first kappa shape index (κ1) is 18.5. The van der Waals surface area contributed by atoms with Gasteiger partial charge in [0.05, 0.1) is 0 Å². The highest BCUT2D eigenvalue weighted by Gasteiger charge is 2.38. The molecule has 0 aliphatic heterocycles. The van der Waals surface area contributed by atoms with E-state index in [0.717, 1.165) is 29.0 Å².